The molecule has 27 heavy (non-hydrogen) atoms. The van der Waals surface area contributed by atoms with Crippen molar-refractivity contribution in [2.75, 3.05) is 25.6 Å². The molecular weight excluding hydrogens is 372 g/mol. The number of sulfonamides is 1. The van der Waals surface area contributed by atoms with Gasteiger partial charge < -0.3 is 19.5 Å². The Bertz CT molecular complexity index is 945. The number of methoxy groups -OCH3 is 1. The number of ether oxygens (including phenoxy) is 3. The molecule has 1 heterocycles. The molecule has 1 amide bonds. The monoisotopic (exact) mass is 392 g/mol. The van der Waals surface area contributed by atoms with Crippen molar-refractivity contribution in [1.82, 2.24) is 4.72 Å². The van der Waals surface area contributed by atoms with Crippen LogP contribution in [0.4, 0.5) is 5.69 Å². The zero-order chi connectivity index (χ0) is 19.4. The van der Waals surface area contributed by atoms with E-state index in [0.717, 1.165) is 0 Å². The lowest BCUT2D eigenvalue weighted by molar-refractivity contribution is -0.114. The van der Waals surface area contributed by atoms with Crippen molar-refractivity contribution in [2.24, 2.45) is 0 Å². The summed E-state index contributed by atoms with van der Waals surface area (Å²) in [6, 6.07) is 11.4. The van der Waals surface area contributed by atoms with E-state index in [1.807, 2.05) is 12.1 Å². The van der Waals surface area contributed by atoms with E-state index in [-0.39, 0.29) is 29.6 Å². The van der Waals surface area contributed by atoms with Crippen molar-refractivity contribution < 1.29 is 27.4 Å². The van der Waals surface area contributed by atoms with E-state index in [0.29, 0.717) is 17.2 Å². The summed E-state index contributed by atoms with van der Waals surface area (Å²) in [5.41, 5.74) is 0.277. The fourth-order valence-electron chi connectivity index (χ4n) is 2.59. The molecule has 1 atom stereocenters. The Morgan fingerprint density at radius 2 is 1.96 bits per heavy atom. The largest absolute Gasteiger partial charge is 0.495 e. The Balaban J connectivity index is 1.71. The van der Waals surface area contributed by atoms with Gasteiger partial charge in [0.15, 0.2) is 11.5 Å². The summed E-state index contributed by atoms with van der Waals surface area (Å²) in [4.78, 5) is 11.3. The molecule has 0 unspecified atom stereocenters. The maximum atomic E-state index is 12.6. The van der Waals surface area contributed by atoms with Crippen LogP contribution in [-0.2, 0) is 14.8 Å². The van der Waals surface area contributed by atoms with Crippen LogP contribution in [-0.4, -0.2) is 40.7 Å². The van der Waals surface area contributed by atoms with E-state index >= 15 is 0 Å². The number of nitrogens with one attached hydrogen (secondary N) is 2. The van der Waals surface area contributed by atoms with Crippen LogP contribution >= 0.6 is 0 Å². The van der Waals surface area contributed by atoms with E-state index in [2.05, 4.69) is 10.0 Å². The highest BCUT2D eigenvalue weighted by atomic mass is 32.2. The maximum Gasteiger partial charge on any atom is 0.240 e. The highest BCUT2D eigenvalue weighted by Gasteiger charge is 2.24. The quantitative estimate of drug-likeness (QED) is 0.777. The van der Waals surface area contributed by atoms with Crippen molar-refractivity contribution in [3.63, 3.8) is 0 Å². The van der Waals surface area contributed by atoms with E-state index in [1.54, 1.807) is 12.1 Å². The van der Waals surface area contributed by atoms with Crippen molar-refractivity contribution in [2.45, 2.75) is 17.9 Å². The lowest BCUT2D eigenvalue weighted by atomic mass is 10.2. The second-order valence-electron chi connectivity index (χ2n) is 5.89. The Labute approximate surface area is 157 Å². The predicted octanol–water partition coefficient (Wildman–Crippen LogP) is 1.77. The summed E-state index contributed by atoms with van der Waals surface area (Å²) in [7, 11) is -2.38. The molecule has 0 spiro atoms. The van der Waals surface area contributed by atoms with Crippen molar-refractivity contribution >= 4 is 21.6 Å². The van der Waals surface area contributed by atoms with Gasteiger partial charge in [-0.25, -0.2) is 13.1 Å². The van der Waals surface area contributed by atoms with Crippen LogP contribution in [0, 0.1) is 0 Å². The van der Waals surface area contributed by atoms with Crippen LogP contribution in [0.5, 0.6) is 17.2 Å². The zero-order valence-corrected chi connectivity index (χ0v) is 15.7. The molecule has 0 aromatic heterocycles. The molecular formula is C18H20N2O6S. The summed E-state index contributed by atoms with van der Waals surface area (Å²) >= 11 is 0. The Kier molecular flexibility index (Phi) is 5.52. The standard InChI is InChI=1S/C18H20N2O6S/c1-12(21)20-15-9-14(7-8-16(15)24-2)27(22,23)19-10-13-11-25-17-5-3-4-6-18(17)26-13/h3-9,13,19H,10-11H2,1-2H3,(H,20,21)/t13-/m1/s1. The van der Waals surface area contributed by atoms with Crippen LogP contribution in [0.1, 0.15) is 6.92 Å². The number of carbonyl (C=O) groups is 1. The van der Waals surface area contributed by atoms with Gasteiger partial charge in [-0.3, -0.25) is 4.79 Å². The summed E-state index contributed by atoms with van der Waals surface area (Å²) in [6.45, 7) is 1.61. The van der Waals surface area contributed by atoms with E-state index in [1.165, 1.54) is 32.2 Å². The highest BCUT2D eigenvalue weighted by molar-refractivity contribution is 7.89. The SMILES string of the molecule is COc1ccc(S(=O)(=O)NC[C@@H]2COc3ccccc3O2)cc1NC(C)=O. The third-order valence-electron chi connectivity index (χ3n) is 3.86. The number of carbonyl (C=O) groups excluding carboxylic acids is 1. The summed E-state index contributed by atoms with van der Waals surface area (Å²) in [5, 5.41) is 2.55. The highest BCUT2D eigenvalue weighted by Crippen LogP contribution is 2.31. The molecule has 0 aliphatic carbocycles. The fraction of sp³-hybridized carbons (Fsp3) is 0.278. The molecule has 3 rings (SSSR count). The van der Waals surface area contributed by atoms with Crippen LogP contribution in [0.3, 0.4) is 0 Å². The molecule has 2 aromatic rings. The predicted molar refractivity (Wildman–Crippen MR) is 98.8 cm³/mol. The summed E-state index contributed by atoms with van der Waals surface area (Å²) < 4.78 is 44.2. The van der Waals surface area contributed by atoms with Crippen molar-refractivity contribution in [3.05, 3.63) is 42.5 Å². The summed E-state index contributed by atoms with van der Waals surface area (Å²) in [6.07, 6.45) is -0.456. The van der Waals surface area contributed by atoms with E-state index < -0.39 is 16.1 Å². The number of rotatable bonds is 6. The molecule has 2 N–H and O–H groups in total. The smallest absolute Gasteiger partial charge is 0.240 e. The molecule has 1 aliphatic rings. The van der Waals surface area contributed by atoms with Gasteiger partial charge in [0.2, 0.25) is 15.9 Å². The van der Waals surface area contributed by atoms with Gasteiger partial charge in [-0.15, -0.1) is 0 Å². The fourth-order valence-corrected chi connectivity index (χ4v) is 3.68. The first-order valence-electron chi connectivity index (χ1n) is 8.23. The molecule has 2 aromatic carbocycles. The van der Waals surface area contributed by atoms with E-state index in [9.17, 15) is 13.2 Å². The van der Waals surface area contributed by atoms with Crippen LogP contribution in [0.2, 0.25) is 0 Å². The number of benzene rings is 2. The van der Waals surface area contributed by atoms with Crippen molar-refractivity contribution in [1.29, 1.82) is 0 Å². The average Bonchev–Trinajstić information content (AvgIpc) is 2.66. The van der Waals surface area contributed by atoms with Gasteiger partial charge in [0, 0.05) is 6.92 Å². The van der Waals surface area contributed by atoms with Crippen LogP contribution in [0.15, 0.2) is 47.4 Å². The second-order valence-corrected chi connectivity index (χ2v) is 7.66. The van der Waals surface area contributed by atoms with Gasteiger partial charge in [-0.2, -0.15) is 0 Å². The summed E-state index contributed by atoms with van der Waals surface area (Å²) in [5.74, 6) is 1.24. The minimum Gasteiger partial charge on any atom is -0.495 e. The number of para-hydroxylation sites is 2. The van der Waals surface area contributed by atoms with Gasteiger partial charge in [-0.05, 0) is 30.3 Å². The zero-order valence-electron chi connectivity index (χ0n) is 14.9. The number of fused-ring (bicyclic) bond motifs is 1. The topological polar surface area (TPSA) is 103 Å². The Morgan fingerprint density at radius 3 is 2.67 bits per heavy atom. The van der Waals surface area contributed by atoms with Gasteiger partial charge >= 0.3 is 0 Å². The second kappa shape index (κ2) is 7.85. The first kappa shape index (κ1) is 19.0. The molecule has 0 fully saturated rings. The molecule has 144 valence electrons. The lowest BCUT2D eigenvalue weighted by Gasteiger charge is -2.26. The number of anilines is 1. The number of hydrogen-bond donors (Lipinski definition) is 2. The normalized spacial score (nSPS) is 15.9. The van der Waals surface area contributed by atoms with Crippen molar-refractivity contribution in [3.8, 4) is 17.2 Å². The maximum absolute atomic E-state index is 12.6. The average molecular weight is 392 g/mol. The van der Waals surface area contributed by atoms with Crippen LogP contribution in [0.25, 0.3) is 0 Å². The molecule has 9 heteroatoms. The number of amides is 1. The first-order valence-corrected chi connectivity index (χ1v) is 9.71. The molecule has 1 aliphatic heterocycles. The minimum atomic E-state index is -3.81. The Hall–Kier alpha value is -2.78. The minimum absolute atomic E-state index is 0.00387. The molecule has 0 saturated heterocycles. The lowest BCUT2D eigenvalue weighted by Crippen LogP contribution is -2.40. The van der Waals surface area contributed by atoms with Gasteiger partial charge in [0.1, 0.15) is 18.5 Å². The first-order chi connectivity index (χ1) is 12.9. The molecule has 0 radical (unpaired) electrons. The molecule has 0 bridgehead atoms. The Morgan fingerprint density at radius 1 is 1.22 bits per heavy atom. The molecule has 8 nitrogen and oxygen atoms in total. The third kappa shape index (κ3) is 4.50. The van der Waals surface area contributed by atoms with Gasteiger partial charge in [0.05, 0.1) is 24.2 Å². The number of hydrogen-bond acceptors (Lipinski definition) is 6. The van der Waals surface area contributed by atoms with E-state index in [4.69, 9.17) is 14.2 Å². The van der Waals surface area contributed by atoms with Gasteiger partial charge in [-0.1, -0.05) is 12.1 Å². The van der Waals surface area contributed by atoms with Crippen LogP contribution < -0.4 is 24.2 Å². The van der Waals surface area contributed by atoms with Gasteiger partial charge in [0.25, 0.3) is 0 Å². The third-order valence-corrected chi connectivity index (χ3v) is 5.28. The molecule has 0 saturated carbocycles.